The molecule has 1 saturated carbocycles. The fraction of sp³-hybridized carbons (Fsp3) is 0.875. The average Bonchev–Trinajstić information content (AvgIpc) is 2.03. The number of aliphatic imine (C=N–C) groups is 1. The van der Waals surface area contributed by atoms with E-state index >= 15 is 0 Å². The zero-order valence-electron chi connectivity index (χ0n) is 7.85. The summed E-state index contributed by atoms with van der Waals surface area (Å²) in [7, 11) is 1.71. The van der Waals surface area contributed by atoms with Crippen molar-refractivity contribution >= 4 is 5.96 Å². The number of nitrogens with one attached hydrogen (secondary N) is 2. The van der Waals surface area contributed by atoms with Gasteiger partial charge in [0, 0.05) is 13.6 Å². The first kappa shape index (κ1) is 9.32. The van der Waals surface area contributed by atoms with Gasteiger partial charge in [-0.15, -0.1) is 0 Å². The second-order valence-corrected chi connectivity index (χ2v) is 3.73. The largest absolute Gasteiger partial charge is 0.355 e. The summed E-state index contributed by atoms with van der Waals surface area (Å²) in [6.07, 6.45) is 3.97. The Balaban J connectivity index is 2.24. The van der Waals surface area contributed by atoms with E-state index < -0.39 is 0 Å². The molecule has 0 radical (unpaired) electrons. The van der Waals surface area contributed by atoms with Gasteiger partial charge in [-0.3, -0.25) is 10.4 Å². The van der Waals surface area contributed by atoms with Gasteiger partial charge in [-0.2, -0.15) is 0 Å². The van der Waals surface area contributed by atoms with E-state index in [1.165, 1.54) is 19.3 Å². The van der Waals surface area contributed by atoms with Gasteiger partial charge in [0.05, 0.1) is 0 Å². The molecule has 4 N–H and O–H groups in total. The standard InChI is InChI=1S/C8H18N4/c1-8(4-3-5-8)6-11-7(10-2)12-9/h3-6,9H2,1-2H3,(H2,10,11,12). The van der Waals surface area contributed by atoms with Crippen LogP contribution >= 0.6 is 0 Å². The number of guanidine groups is 1. The molecule has 0 aromatic heterocycles. The number of hydrazine groups is 1. The number of nitrogens with two attached hydrogens (primary N) is 1. The predicted octanol–water partition coefficient (Wildman–Crippen LogP) is 0.215. The van der Waals surface area contributed by atoms with Crippen LogP contribution in [0.15, 0.2) is 4.99 Å². The summed E-state index contributed by atoms with van der Waals surface area (Å²) in [6.45, 7) is 3.25. The maximum atomic E-state index is 5.23. The number of rotatable bonds is 2. The highest BCUT2D eigenvalue weighted by Gasteiger charge is 2.31. The molecule has 1 aliphatic carbocycles. The van der Waals surface area contributed by atoms with E-state index in [4.69, 9.17) is 5.84 Å². The van der Waals surface area contributed by atoms with Crippen molar-refractivity contribution < 1.29 is 0 Å². The van der Waals surface area contributed by atoms with Crippen LogP contribution in [-0.4, -0.2) is 19.6 Å². The van der Waals surface area contributed by atoms with Crippen molar-refractivity contribution in [1.29, 1.82) is 0 Å². The van der Waals surface area contributed by atoms with Crippen molar-refractivity contribution in [1.82, 2.24) is 10.7 Å². The minimum Gasteiger partial charge on any atom is -0.355 e. The monoisotopic (exact) mass is 170 g/mol. The minimum absolute atomic E-state index is 0.465. The topological polar surface area (TPSA) is 62.4 Å². The van der Waals surface area contributed by atoms with Crippen molar-refractivity contribution in [3.8, 4) is 0 Å². The van der Waals surface area contributed by atoms with Gasteiger partial charge in [0.2, 0.25) is 5.96 Å². The summed E-state index contributed by atoms with van der Waals surface area (Å²) < 4.78 is 0. The van der Waals surface area contributed by atoms with E-state index in [2.05, 4.69) is 22.7 Å². The lowest BCUT2D eigenvalue weighted by Gasteiger charge is -2.38. The Morgan fingerprint density at radius 2 is 2.25 bits per heavy atom. The van der Waals surface area contributed by atoms with Crippen molar-refractivity contribution in [2.45, 2.75) is 26.2 Å². The third-order valence-electron chi connectivity index (χ3n) is 2.60. The van der Waals surface area contributed by atoms with E-state index in [-0.39, 0.29) is 0 Å². The van der Waals surface area contributed by atoms with Crippen LogP contribution in [0.4, 0.5) is 0 Å². The number of nitrogens with zero attached hydrogens (tertiary/aromatic N) is 1. The molecule has 1 aliphatic rings. The van der Waals surface area contributed by atoms with Crippen LogP contribution in [0, 0.1) is 5.41 Å². The van der Waals surface area contributed by atoms with E-state index in [0.717, 1.165) is 6.54 Å². The van der Waals surface area contributed by atoms with E-state index in [1.54, 1.807) is 7.05 Å². The van der Waals surface area contributed by atoms with Gasteiger partial charge in [0.25, 0.3) is 0 Å². The van der Waals surface area contributed by atoms with Crippen LogP contribution < -0.4 is 16.6 Å². The molecule has 0 atom stereocenters. The molecule has 0 unspecified atom stereocenters. The second kappa shape index (κ2) is 3.76. The molecular weight excluding hydrogens is 152 g/mol. The lowest BCUT2D eigenvalue weighted by Crippen LogP contribution is -2.47. The Hall–Kier alpha value is -0.770. The predicted molar refractivity (Wildman–Crippen MR) is 50.6 cm³/mol. The van der Waals surface area contributed by atoms with Gasteiger partial charge in [-0.05, 0) is 18.3 Å². The molecule has 1 rings (SSSR count). The van der Waals surface area contributed by atoms with E-state index in [1.807, 2.05) is 0 Å². The molecule has 4 heteroatoms. The molecule has 0 aliphatic heterocycles. The normalized spacial score (nSPS) is 21.4. The molecule has 0 spiro atoms. The highest BCUT2D eigenvalue weighted by Crippen LogP contribution is 2.39. The lowest BCUT2D eigenvalue weighted by molar-refractivity contribution is 0.165. The average molecular weight is 170 g/mol. The Labute approximate surface area is 73.6 Å². The molecule has 12 heavy (non-hydrogen) atoms. The lowest BCUT2D eigenvalue weighted by atomic mass is 9.70. The van der Waals surface area contributed by atoms with Crippen molar-refractivity contribution in [2.75, 3.05) is 13.6 Å². The fourth-order valence-corrected chi connectivity index (χ4v) is 1.45. The molecule has 0 saturated heterocycles. The van der Waals surface area contributed by atoms with Crippen molar-refractivity contribution in [2.24, 2.45) is 16.3 Å². The van der Waals surface area contributed by atoms with Gasteiger partial charge in [0.1, 0.15) is 0 Å². The van der Waals surface area contributed by atoms with Crippen molar-refractivity contribution in [3.05, 3.63) is 0 Å². The number of hydrogen-bond acceptors (Lipinski definition) is 2. The second-order valence-electron chi connectivity index (χ2n) is 3.73. The summed E-state index contributed by atoms with van der Waals surface area (Å²) in [4.78, 5) is 3.94. The van der Waals surface area contributed by atoms with Crippen LogP contribution in [0.2, 0.25) is 0 Å². The van der Waals surface area contributed by atoms with Gasteiger partial charge in [-0.1, -0.05) is 13.3 Å². The van der Waals surface area contributed by atoms with Crippen LogP contribution in [-0.2, 0) is 0 Å². The highest BCUT2D eigenvalue weighted by molar-refractivity contribution is 5.78. The summed E-state index contributed by atoms with van der Waals surface area (Å²) in [5.74, 6) is 5.90. The molecule has 0 bridgehead atoms. The molecule has 0 aromatic rings. The zero-order valence-corrected chi connectivity index (χ0v) is 7.85. The third-order valence-corrected chi connectivity index (χ3v) is 2.60. The third kappa shape index (κ3) is 2.11. The molecule has 0 amide bonds. The van der Waals surface area contributed by atoms with Crippen LogP contribution in [0.3, 0.4) is 0 Å². The Morgan fingerprint density at radius 1 is 1.58 bits per heavy atom. The molecule has 0 heterocycles. The Kier molecular flexibility index (Phi) is 2.92. The van der Waals surface area contributed by atoms with Crippen molar-refractivity contribution in [3.63, 3.8) is 0 Å². The summed E-state index contributed by atoms with van der Waals surface area (Å²) >= 11 is 0. The SMILES string of the molecule is CN=C(NN)NCC1(C)CCC1. The van der Waals surface area contributed by atoms with Crippen LogP contribution in [0.25, 0.3) is 0 Å². The molecular formula is C8H18N4. The van der Waals surface area contributed by atoms with Gasteiger partial charge in [-0.25, -0.2) is 5.84 Å². The van der Waals surface area contributed by atoms with Crippen LogP contribution in [0.1, 0.15) is 26.2 Å². The molecule has 1 fully saturated rings. The quantitative estimate of drug-likeness (QED) is 0.240. The number of hydrogen-bond donors (Lipinski definition) is 3. The molecule has 70 valence electrons. The van der Waals surface area contributed by atoms with E-state index in [9.17, 15) is 0 Å². The molecule has 0 aromatic carbocycles. The summed E-state index contributed by atoms with van der Waals surface area (Å²) in [6, 6.07) is 0. The highest BCUT2D eigenvalue weighted by atomic mass is 15.3. The zero-order chi connectivity index (χ0) is 9.03. The van der Waals surface area contributed by atoms with Gasteiger partial charge >= 0.3 is 0 Å². The van der Waals surface area contributed by atoms with Crippen LogP contribution in [0.5, 0.6) is 0 Å². The first-order chi connectivity index (χ1) is 5.70. The fourth-order valence-electron chi connectivity index (χ4n) is 1.45. The Morgan fingerprint density at radius 3 is 2.58 bits per heavy atom. The van der Waals surface area contributed by atoms with Gasteiger partial charge < -0.3 is 5.32 Å². The maximum absolute atomic E-state index is 5.23. The molecule has 4 nitrogen and oxygen atoms in total. The summed E-state index contributed by atoms with van der Waals surface area (Å²) in [5, 5.41) is 3.18. The maximum Gasteiger partial charge on any atom is 0.205 e. The first-order valence-electron chi connectivity index (χ1n) is 4.37. The Bertz CT molecular complexity index is 172. The first-order valence-corrected chi connectivity index (χ1v) is 4.37. The minimum atomic E-state index is 0.465. The van der Waals surface area contributed by atoms with E-state index in [0.29, 0.717) is 11.4 Å². The summed E-state index contributed by atoms with van der Waals surface area (Å²) in [5.41, 5.74) is 2.98. The van der Waals surface area contributed by atoms with Gasteiger partial charge in [0.15, 0.2) is 0 Å². The smallest absolute Gasteiger partial charge is 0.205 e.